The molecule has 2 unspecified atom stereocenters. The van der Waals surface area contributed by atoms with E-state index in [1.54, 1.807) is 6.92 Å². The number of hydrogen-bond acceptors (Lipinski definition) is 3. The molecule has 0 saturated heterocycles. The van der Waals surface area contributed by atoms with Crippen LogP contribution < -0.4 is 0 Å². The molecule has 0 aliphatic heterocycles. The lowest BCUT2D eigenvalue weighted by atomic mass is 10.7. The molecule has 0 aliphatic carbocycles. The van der Waals surface area contributed by atoms with Crippen molar-refractivity contribution >= 4 is 43.4 Å². The van der Waals surface area contributed by atoms with Crippen molar-refractivity contribution in [2.45, 2.75) is 18.1 Å². The normalized spacial score (nSPS) is 16.1. The van der Waals surface area contributed by atoms with Crippen molar-refractivity contribution in [1.82, 2.24) is 0 Å². The van der Waals surface area contributed by atoms with Gasteiger partial charge in [-0.3, -0.25) is 4.52 Å². The van der Waals surface area contributed by atoms with Crippen LogP contribution in [0.15, 0.2) is 0 Å². The summed E-state index contributed by atoms with van der Waals surface area (Å²) in [4.78, 5) is 16.6. The summed E-state index contributed by atoms with van der Waals surface area (Å²) in [6, 6.07) is 0. The maximum atomic E-state index is 10.2. The largest absolute Gasteiger partial charge is 0.471 e. The van der Waals surface area contributed by atoms with Crippen molar-refractivity contribution < 1.29 is 23.6 Å². The molecule has 9 heteroatoms. The molecular weight excluding hydrogens is 265 g/mol. The second-order valence-electron chi connectivity index (χ2n) is 1.75. The summed E-state index contributed by atoms with van der Waals surface area (Å²) >= 11 is 10.7. The van der Waals surface area contributed by atoms with E-state index in [4.69, 9.17) is 37.7 Å². The van der Waals surface area contributed by atoms with E-state index in [0.29, 0.717) is 0 Å². The Morgan fingerprint density at radius 3 is 2.15 bits per heavy atom. The molecule has 0 radical (unpaired) electrons. The van der Waals surface area contributed by atoms with E-state index in [1.165, 1.54) is 0 Å². The van der Waals surface area contributed by atoms with Crippen molar-refractivity contribution in [1.29, 1.82) is 0 Å². The summed E-state index contributed by atoms with van der Waals surface area (Å²) < 4.78 is 19.0. The summed E-state index contributed by atoms with van der Waals surface area (Å²) in [5.41, 5.74) is -2.45. The van der Waals surface area contributed by atoms with Gasteiger partial charge in [0.05, 0.1) is 0 Å². The average Bonchev–Trinajstić information content (AvgIpc) is 1.84. The summed E-state index contributed by atoms with van der Waals surface area (Å²) in [7, 11) is -4.60. The van der Waals surface area contributed by atoms with Gasteiger partial charge in [0.1, 0.15) is 0 Å². The van der Waals surface area contributed by atoms with Crippen LogP contribution in [0, 0.1) is 0 Å². The van der Waals surface area contributed by atoms with E-state index in [1.807, 2.05) is 0 Å². The van der Waals surface area contributed by atoms with Gasteiger partial charge in [-0.25, -0.2) is 4.57 Å². The fourth-order valence-electron chi connectivity index (χ4n) is 0.414. The highest BCUT2D eigenvalue weighted by molar-refractivity contribution is 7.46. The fourth-order valence-corrected chi connectivity index (χ4v) is 1.42. The minimum atomic E-state index is -4.60. The van der Waals surface area contributed by atoms with E-state index in [9.17, 15) is 4.57 Å². The summed E-state index contributed by atoms with van der Waals surface area (Å²) in [6.07, 6.45) is 0. The van der Waals surface area contributed by atoms with Crippen LogP contribution in [0.4, 0.5) is 0 Å². The molecule has 13 heavy (non-hydrogen) atoms. The predicted octanol–water partition coefficient (Wildman–Crippen LogP) is 1.68. The molecule has 0 aromatic heterocycles. The van der Waals surface area contributed by atoms with Crippen LogP contribution in [0.5, 0.6) is 0 Å². The minimum absolute atomic E-state index is 0. The van der Waals surface area contributed by atoms with Gasteiger partial charge in [-0.05, 0) is 6.92 Å². The molecule has 0 saturated carbocycles. The number of ether oxygens (including phenoxy) is 1. The van der Waals surface area contributed by atoms with Gasteiger partial charge in [0.25, 0.3) is 0 Å². The van der Waals surface area contributed by atoms with Gasteiger partial charge in [0.15, 0.2) is 11.1 Å². The molecule has 0 fully saturated rings. The van der Waals surface area contributed by atoms with Crippen LogP contribution in [0.2, 0.25) is 0 Å². The highest BCUT2D eigenvalue weighted by Gasteiger charge is 2.26. The third kappa shape index (κ3) is 9.25. The Hall–Kier alpha value is 0.940. The lowest BCUT2D eigenvalue weighted by Gasteiger charge is -2.16. The van der Waals surface area contributed by atoms with Gasteiger partial charge in [0.2, 0.25) is 0 Å². The first-order valence-electron chi connectivity index (χ1n) is 3.00. The molecule has 0 bridgehead atoms. The van der Waals surface area contributed by atoms with E-state index >= 15 is 0 Å². The Morgan fingerprint density at radius 1 is 1.38 bits per heavy atom. The first-order valence-corrected chi connectivity index (χ1v) is 5.41. The highest BCUT2D eigenvalue weighted by atomic mass is 35.5. The van der Waals surface area contributed by atoms with E-state index in [0.717, 1.165) is 0 Å². The lowest BCUT2D eigenvalue weighted by molar-refractivity contribution is 0.0492. The topological polar surface area (TPSA) is 76.0 Å². The van der Waals surface area contributed by atoms with Crippen LogP contribution in [0.3, 0.4) is 0 Å². The Labute approximate surface area is 92.0 Å². The number of halogens is 3. The number of rotatable bonds is 5. The zero-order chi connectivity index (χ0) is 9.78. The third-order valence-corrected chi connectivity index (χ3v) is 2.20. The molecule has 5 nitrogen and oxygen atoms in total. The summed E-state index contributed by atoms with van der Waals surface area (Å²) in [5.74, 6) is 0. The molecule has 2 N–H and O–H groups in total. The highest BCUT2D eigenvalue weighted by Crippen LogP contribution is 2.39. The van der Waals surface area contributed by atoms with Crippen molar-refractivity contribution in [2.75, 3.05) is 6.61 Å². The zero-order valence-corrected chi connectivity index (χ0v) is 9.82. The van der Waals surface area contributed by atoms with Crippen molar-refractivity contribution in [3.8, 4) is 0 Å². The Bertz CT molecular complexity index is 173. The van der Waals surface area contributed by atoms with Gasteiger partial charge in [-0.1, -0.05) is 23.2 Å². The molecule has 2 atom stereocenters. The molecule has 0 spiro atoms. The molecule has 0 heterocycles. The predicted molar refractivity (Wildman–Crippen MR) is 51.3 cm³/mol. The van der Waals surface area contributed by atoms with Gasteiger partial charge in [0, 0.05) is 6.61 Å². The van der Waals surface area contributed by atoms with Crippen LogP contribution in [0.1, 0.15) is 6.92 Å². The Balaban J connectivity index is 0. The van der Waals surface area contributed by atoms with Crippen LogP contribution in [0.25, 0.3) is 0 Å². The minimum Gasteiger partial charge on any atom is -0.359 e. The molecule has 0 aromatic rings. The molecule has 82 valence electrons. The molecule has 0 amide bonds. The third-order valence-electron chi connectivity index (χ3n) is 0.770. The monoisotopic (exact) mass is 274 g/mol. The Kier molecular flexibility index (Phi) is 9.14. The van der Waals surface area contributed by atoms with E-state index in [2.05, 4.69) is 4.52 Å². The lowest BCUT2D eigenvalue weighted by Crippen LogP contribution is -2.20. The summed E-state index contributed by atoms with van der Waals surface area (Å²) in [5, 5.41) is 0. The molecule has 0 aliphatic rings. The first-order chi connectivity index (χ1) is 5.37. The van der Waals surface area contributed by atoms with Gasteiger partial charge >= 0.3 is 7.82 Å². The fraction of sp³-hybridized carbons (Fsp3) is 1.00. The van der Waals surface area contributed by atoms with E-state index < -0.39 is 18.9 Å². The quantitative estimate of drug-likeness (QED) is 0.590. The van der Waals surface area contributed by atoms with Gasteiger partial charge < -0.3 is 14.5 Å². The molecule has 0 aromatic carbocycles. The van der Waals surface area contributed by atoms with Crippen LogP contribution in [-0.4, -0.2) is 27.5 Å². The smallest absolute Gasteiger partial charge is 0.359 e. The average molecular weight is 275 g/mol. The maximum absolute atomic E-state index is 10.2. The molecular formula is C4H10Cl3O5P. The maximum Gasteiger partial charge on any atom is 0.471 e. The van der Waals surface area contributed by atoms with Crippen LogP contribution >= 0.6 is 43.4 Å². The zero-order valence-electron chi connectivity index (χ0n) is 6.59. The van der Waals surface area contributed by atoms with Gasteiger partial charge in [-0.2, -0.15) is 0 Å². The standard InChI is InChI=1S/C4H9Cl2O5P.ClH/c1-2-10-3(5)4(6)11-12(7,8)9;/h3-4H,2H2,1H3,(H2,7,8,9);1H. The first kappa shape index (κ1) is 16.4. The second kappa shape index (κ2) is 7.26. The number of alkyl halides is 2. The van der Waals surface area contributed by atoms with E-state index in [-0.39, 0.29) is 19.0 Å². The number of phosphoric ester groups is 1. The second-order valence-corrected chi connectivity index (χ2v) is 3.81. The Morgan fingerprint density at radius 2 is 1.85 bits per heavy atom. The van der Waals surface area contributed by atoms with Crippen molar-refractivity contribution in [3.05, 3.63) is 0 Å². The number of phosphoric acid groups is 1. The molecule has 0 rings (SSSR count). The van der Waals surface area contributed by atoms with Crippen LogP contribution in [-0.2, 0) is 13.8 Å². The SMILES string of the molecule is CCOC(Cl)C(Cl)OP(=O)(O)O.Cl. The number of hydrogen-bond donors (Lipinski definition) is 2. The van der Waals surface area contributed by atoms with Gasteiger partial charge in [-0.15, -0.1) is 12.4 Å². The summed E-state index contributed by atoms with van der Waals surface area (Å²) in [6.45, 7) is 1.94. The van der Waals surface area contributed by atoms with Crippen molar-refractivity contribution in [2.24, 2.45) is 0 Å². The van der Waals surface area contributed by atoms with Crippen molar-refractivity contribution in [3.63, 3.8) is 0 Å².